The fourth-order valence-electron chi connectivity index (χ4n) is 3.07. The number of nitrogens with two attached hydrogens (primary N) is 1. The van der Waals surface area contributed by atoms with Crippen molar-refractivity contribution in [3.63, 3.8) is 0 Å². The number of carbonyl (C=O) groups excluding carboxylic acids is 1. The molecule has 3 N–H and O–H groups in total. The van der Waals surface area contributed by atoms with Crippen LogP contribution in [0.4, 0.5) is 10.1 Å². The number of nitrogens with one attached hydrogen (secondary N) is 1. The summed E-state index contributed by atoms with van der Waals surface area (Å²) >= 11 is 1.25. The van der Waals surface area contributed by atoms with Gasteiger partial charge in [-0.1, -0.05) is 31.7 Å². The van der Waals surface area contributed by atoms with Crippen LogP contribution in [0, 0.1) is 11.7 Å². The Morgan fingerprint density at radius 1 is 1.38 bits per heavy atom. The Kier molecular flexibility index (Phi) is 4.10. The highest BCUT2D eigenvalue weighted by atomic mass is 32.1. The molecule has 21 heavy (non-hydrogen) atoms. The molecule has 1 aliphatic rings. The topological polar surface area (TPSA) is 55.1 Å². The Labute approximate surface area is 127 Å². The predicted molar refractivity (Wildman–Crippen MR) is 85.1 cm³/mol. The van der Waals surface area contributed by atoms with Crippen LogP contribution in [0.2, 0.25) is 0 Å². The molecule has 1 aromatic carbocycles. The van der Waals surface area contributed by atoms with E-state index < -0.39 is 0 Å². The van der Waals surface area contributed by atoms with E-state index in [1.165, 1.54) is 43.1 Å². The maximum absolute atomic E-state index is 13.8. The largest absolute Gasteiger partial charge is 0.397 e. The molecule has 0 aliphatic heterocycles. The first-order chi connectivity index (χ1) is 10.2. The van der Waals surface area contributed by atoms with Crippen LogP contribution >= 0.6 is 11.3 Å². The third kappa shape index (κ3) is 2.88. The van der Waals surface area contributed by atoms with Gasteiger partial charge in [0.1, 0.15) is 10.7 Å². The van der Waals surface area contributed by atoms with Crippen LogP contribution in [0.3, 0.4) is 0 Å². The number of amides is 1. The van der Waals surface area contributed by atoms with E-state index in [0.717, 1.165) is 12.3 Å². The van der Waals surface area contributed by atoms with Gasteiger partial charge in [0.2, 0.25) is 0 Å². The number of hydrogen-bond donors (Lipinski definition) is 2. The monoisotopic (exact) mass is 306 g/mol. The zero-order valence-electron chi connectivity index (χ0n) is 11.8. The summed E-state index contributed by atoms with van der Waals surface area (Å²) in [5.74, 6) is 0.180. The van der Waals surface area contributed by atoms with Crippen LogP contribution < -0.4 is 11.1 Å². The second-order valence-corrected chi connectivity index (χ2v) is 6.71. The van der Waals surface area contributed by atoms with Crippen LogP contribution in [-0.2, 0) is 0 Å². The van der Waals surface area contributed by atoms with E-state index in [0.29, 0.717) is 21.5 Å². The molecule has 3 nitrogen and oxygen atoms in total. The van der Waals surface area contributed by atoms with E-state index in [4.69, 9.17) is 5.73 Å². The second-order valence-electron chi connectivity index (χ2n) is 5.65. The summed E-state index contributed by atoms with van der Waals surface area (Å²) in [7, 11) is 0. The van der Waals surface area contributed by atoms with Gasteiger partial charge in [0.15, 0.2) is 0 Å². The van der Waals surface area contributed by atoms with E-state index in [1.807, 2.05) is 0 Å². The van der Waals surface area contributed by atoms with Crippen molar-refractivity contribution in [1.82, 2.24) is 5.32 Å². The highest BCUT2D eigenvalue weighted by Crippen LogP contribution is 2.35. The Morgan fingerprint density at radius 3 is 2.86 bits per heavy atom. The molecule has 0 bridgehead atoms. The van der Waals surface area contributed by atoms with Crippen molar-refractivity contribution in [3.05, 3.63) is 28.9 Å². The number of benzene rings is 1. The summed E-state index contributed by atoms with van der Waals surface area (Å²) in [6.07, 6.45) is 6.17. The standard InChI is InChI=1S/C16H19FN2OS/c17-11-6-3-7-12-13(11)14(18)15(21-12)16(20)19-9-8-10-4-1-2-5-10/h3,6-7,10H,1-2,4-5,8-9,18H2,(H,19,20). The summed E-state index contributed by atoms with van der Waals surface area (Å²) in [5.41, 5.74) is 6.20. The molecule has 112 valence electrons. The molecule has 5 heteroatoms. The Bertz CT molecular complexity index is 662. The Balaban J connectivity index is 1.69. The van der Waals surface area contributed by atoms with E-state index in [2.05, 4.69) is 5.32 Å². The van der Waals surface area contributed by atoms with E-state index in [-0.39, 0.29) is 17.4 Å². The summed E-state index contributed by atoms with van der Waals surface area (Å²) in [6.45, 7) is 0.666. The highest BCUT2D eigenvalue weighted by molar-refractivity contribution is 7.21. The average molecular weight is 306 g/mol. The molecule has 0 atom stereocenters. The van der Waals surface area contributed by atoms with Gasteiger partial charge in [0, 0.05) is 11.2 Å². The van der Waals surface area contributed by atoms with E-state index >= 15 is 0 Å². The average Bonchev–Trinajstić information content (AvgIpc) is 3.08. The second kappa shape index (κ2) is 6.02. The van der Waals surface area contributed by atoms with Gasteiger partial charge in [0.25, 0.3) is 5.91 Å². The van der Waals surface area contributed by atoms with E-state index in [9.17, 15) is 9.18 Å². The minimum Gasteiger partial charge on any atom is -0.397 e. The van der Waals surface area contributed by atoms with Gasteiger partial charge in [-0.05, 0) is 24.5 Å². The van der Waals surface area contributed by atoms with Crippen molar-refractivity contribution >= 4 is 33.0 Å². The van der Waals surface area contributed by atoms with Crippen LogP contribution in [-0.4, -0.2) is 12.5 Å². The molecule has 1 saturated carbocycles. The molecule has 1 aromatic heterocycles. The first-order valence-electron chi connectivity index (χ1n) is 7.41. The highest BCUT2D eigenvalue weighted by Gasteiger charge is 2.19. The minimum atomic E-state index is -0.369. The van der Waals surface area contributed by atoms with Crippen molar-refractivity contribution in [3.8, 4) is 0 Å². The fourth-order valence-corrected chi connectivity index (χ4v) is 4.12. The third-order valence-electron chi connectivity index (χ3n) is 4.22. The number of nitrogen functional groups attached to an aromatic ring is 1. The van der Waals surface area contributed by atoms with Crippen molar-refractivity contribution < 1.29 is 9.18 Å². The molecule has 3 rings (SSSR count). The number of fused-ring (bicyclic) bond motifs is 1. The molecule has 0 unspecified atom stereocenters. The molecular weight excluding hydrogens is 287 g/mol. The maximum atomic E-state index is 13.8. The smallest absolute Gasteiger partial charge is 0.263 e. The van der Waals surface area contributed by atoms with Gasteiger partial charge in [-0.15, -0.1) is 11.3 Å². The molecule has 1 fully saturated rings. The lowest BCUT2D eigenvalue weighted by atomic mass is 10.0. The van der Waals surface area contributed by atoms with Gasteiger partial charge in [-0.2, -0.15) is 0 Å². The first-order valence-corrected chi connectivity index (χ1v) is 8.23. The van der Waals surface area contributed by atoms with Gasteiger partial charge >= 0.3 is 0 Å². The van der Waals surface area contributed by atoms with Gasteiger partial charge in [-0.25, -0.2) is 4.39 Å². The van der Waals surface area contributed by atoms with Crippen molar-refractivity contribution in [2.75, 3.05) is 12.3 Å². The fraction of sp³-hybridized carbons (Fsp3) is 0.438. The number of rotatable bonds is 4. The molecule has 1 aliphatic carbocycles. The molecule has 1 amide bonds. The minimum absolute atomic E-state index is 0.189. The van der Waals surface area contributed by atoms with Crippen molar-refractivity contribution in [2.24, 2.45) is 5.92 Å². The quantitative estimate of drug-likeness (QED) is 0.899. The van der Waals surface area contributed by atoms with Crippen molar-refractivity contribution in [1.29, 1.82) is 0 Å². The van der Waals surface area contributed by atoms with E-state index in [1.54, 1.807) is 12.1 Å². The summed E-state index contributed by atoms with van der Waals surface area (Å²) in [5, 5.41) is 3.28. The van der Waals surface area contributed by atoms with Crippen LogP contribution in [0.5, 0.6) is 0 Å². The summed E-state index contributed by atoms with van der Waals surface area (Å²) < 4.78 is 14.5. The first kappa shape index (κ1) is 14.3. The number of thiophene rings is 1. The van der Waals surface area contributed by atoms with Gasteiger partial charge in [0.05, 0.1) is 11.1 Å². The lowest BCUT2D eigenvalue weighted by Gasteiger charge is -2.09. The number of hydrogen-bond acceptors (Lipinski definition) is 3. The molecule has 1 heterocycles. The normalized spacial score (nSPS) is 15.7. The zero-order chi connectivity index (χ0) is 14.8. The Hall–Kier alpha value is -1.62. The predicted octanol–water partition coefficient (Wildman–Crippen LogP) is 3.93. The van der Waals surface area contributed by atoms with Gasteiger partial charge < -0.3 is 11.1 Å². The van der Waals surface area contributed by atoms with Crippen molar-refractivity contribution in [2.45, 2.75) is 32.1 Å². The summed E-state index contributed by atoms with van der Waals surface area (Å²) in [4.78, 5) is 12.6. The molecular formula is C16H19FN2OS. The molecule has 0 saturated heterocycles. The van der Waals surface area contributed by atoms with Gasteiger partial charge in [-0.3, -0.25) is 4.79 Å². The third-order valence-corrected chi connectivity index (χ3v) is 5.39. The molecule has 0 radical (unpaired) electrons. The molecule has 0 spiro atoms. The Morgan fingerprint density at radius 2 is 2.14 bits per heavy atom. The lowest BCUT2D eigenvalue weighted by molar-refractivity contribution is 0.0956. The lowest BCUT2D eigenvalue weighted by Crippen LogP contribution is -2.25. The zero-order valence-corrected chi connectivity index (χ0v) is 12.6. The molecule has 2 aromatic rings. The number of carbonyl (C=O) groups is 1. The SMILES string of the molecule is Nc1c(C(=O)NCCC2CCCC2)sc2cccc(F)c12. The van der Waals surface area contributed by atoms with Crippen LogP contribution in [0.1, 0.15) is 41.8 Å². The summed E-state index contributed by atoms with van der Waals surface area (Å²) in [6, 6.07) is 4.79. The number of halogens is 1. The maximum Gasteiger partial charge on any atom is 0.263 e. The number of anilines is 1. The van der Waals surface area contributed by atoms with Crippen LogP contribution in [0.15, 0.2) is 18.2 Å². The van der Waals surface area contributed by atoms with Crippen LogP contribution in [0.25, 0.3) is 10.1 Å².